The second-order valence-electron chi connectivity index (χ2n) is 5.70. The molecule has 2 heteroatoms. The standard InChI is InChI=1S/C14H27IO/c1-4-5-13(3)10-16-14(11-15)8-6-12(2)7-9-14/h12-13H,4-11H2,1-3H3. The van der Waals surface area contributed by atoms with Crippen LogP contribution in [0.2, 0.25) is 0 Å². The van der Waals surface area contributed by atoms with Crippen molar-refractivity contribution in [1.82, 2.24) is 0 Å². The molecule has 0 aliphatic heterocycles. The van der Waals surface area contributed by atoms with Crippen molar-refractivity contribution in [2.45, 2.75) is 64.9 Å². The highest BCUT2D eigenvalue weighted by atomic mass is 127. The van der Waals surface area contributed by atoms with Crippen molar-refractivity contribution >= 4 is 22.6 Å². The van der Waals surface area contributed by atoms with Gasteiger partial charge in [-0.25, -0.2) is 0 Å². The highest BCUT2D eigenvalue weighted by Gasteiger charge is 2.34. The zero-order valence-electron chi connectivity index (χ0n) is 11.1. The minimum atomic E-state index is 0.217. The topological polar surface area (TPSA) is 9.23 Å². The van der Waals surface area contributed by atoms with E-state index in [1.54, 1.807) is 0 Å². The average Bonchev–Trinajstić information content (AvgIpc) is 2.30. The molecule has 16 heavy (non-hydrogen) atoms. The van der Waals surface area contributed by atoms with Crippen LogP contribution in [-0.2, 0) is 4.74 Å². The van der Waals surface area contributed by atoms with Gasteiger partial charge in [0.05, 0.1) is 5.60 Å². The van der Waals surface area contributed by atoms with Gasteiger partial charge in [0.1, 0.15) is 0 Å². The lowest BCUT2D eigenvalue weighted by Crippen LogP contribution is -2.39. The molecule has 1 unspecified atom stereocenters. The molecule has 0 aromatic carbocycles. The van der Waals surface area contributed by atoms with Gasteiger partial charge in [-0.2, -0.15) is 0 Å². The summed E-state index contributed by atoms with van der Waals surface area (Å²) in [7, 11) is 0. The predicted octanol–water partition coefficient (Wildman–Crippen LogP) is 4.82. The van der Waals surface area contributed by atoms with Crippen LogP contribution in [0.5, 0.6) is 0 Å². The Labute approximate surface area is 115 Å². The summed E-state index contributed by atoms with van der Waals surface area (Å²) in [5.41, 5.74) is 0.217. The molecule has 1 rings (SSSR count). The molecule has 0 amide bonds. The van der Waals surface area contributed by atoms with Gasteiger partial charge in [-0.05, 0) is 43.9 Å². The van der Waals surface area contributed by atoms with Crippen LogP contribution in [0, 0.1) is 11.8 Å². The smallest absolute Gasteiger partial charge is 0.0771 e. The fraction of sp³-hybridized carbons (Fsp3) is 1.00. The Kier molecular flexibility index (Phi) is 6.63. The third-order valence-electron chi connectivity index (χ3n) is 3.88. The van der Waals surface area contributed by atoms with Crippen molar-refractivity contribution < 1.29 is 4.74 Å². The summed E-state index contributed by atoms with van der Waals surface area (Å²) in [6.07, 6.45) is 7.83. The number of ether oxygens (including phenoxy) is 1. The first kappa shape index (κ1) is 14.7. The molecular weight excluding hydrogens is 311 g/mol. The van der Waals surface area contributed by atoms with Crippen molar-refractivity contribution in [1.29, 1.82) is 0 Å². The summed E-state index contributed by atoms with van der Waals surface area (Å²) in [6.45, 7) is 7.91. The third kappa shape index (κ3) is 4.52. The van der Waals surface area contributed by atoms with Crippen LogP contribution >= 0.6 is 22.6 Å². The van der Waals surface area contributed by atoms with E-state index in [2.05, 4.69) is 43.4 Å². The van der Waals surface area contributed by atoms with Crippen molar-refractivity contribution in [2.75, 3.05) is 11.0 Å². The Morgan fingerprint density at radius 3 is 2.50 bits per heavy atom. The summed E-state index contributed by atoms with van der Waals surface area (Å²) < 4.78 is 7.44. The van der Waals surface area contributed by atoms with E-state index >= 15 is 0 Å². The molecule has 0 N–H and O–H groups in total. The second-order valence-corrected chi connectivity index (χ2v) is 6.47. The van der Waals surface area contributed by atoms with Crippen LogP contribution in [0.3, 0.4) is 0 Å². The lowest BCUT2D eigenvalue weighted by Gasteiger charge is -2.38. The first-order valence-electron chi connectivity index (χ1n) is 6.82. The minimum Gasteiger partial charge on any atom is -0.374 e. The van der Waals surface area contributed by atoms with E-state index in [1.165, 1.54) is 38.5 Å². The van der Waals surface area contributed by atoms with Gasteiger partial charge >= 0.3 is 0 Å². The lowest BCUT2D eigenvalue weighted by atomic mass is 9.80. The van der Waals surface area contributed by atoms with Gasteiger partial charge in [0.15, 0.2) is 0 Å². The average molecular weight is 338 g/mol. The van der Waals surface area contributed by atoms with Crippen molar-refractivity contribution in [3.8, 4) is 0 Å². The van der Waals surface area contributed by atoms with Gasteiger partial charge in [0.25, 0.3) is 0 Å². The van der Waals surface area contributed by atoms with Crippen molar-refractivity contribution in [3.63, 3.8) is 0 Å². The molecule has 1 atom stereocenters. The van der Waals surface area contributed by atoms with Gasteiger partial charge in [0.2, 0.25) is 0 Å². The van der Waals surface area contributed by atoms with Crippen LogP contribution in [0.25, 0.3) is 0 Å². The normalized spacial score (nSPS) is 32.6. The predicted molar refractivity (Wildman–Crippen MR) is 79.3 cm³/mol. The quantitative estimate of drug-likeness (QED) is 0.498. The molecule has 0 aromatic heterocycles. The summed E-state index contributed by atoms with van der Waals surface area (Å²) >= 11 is 2.51. The molecule has 96 valence electrons. The molecule has 1 fully saturated rings. The molecule has 1 aliphatic rings. The molecule has 0 heterocycles. The Morgan fingerprint density at radius 2 is 2.00 bits per heavy atom. The van der Waals surface area contributed by atoms with E-state index in [0.29, 0.717) is 0 Å². The monoisotopic (exact) mass is 338 g/mol. The van der Waals surface area contributed by atoms with Crippen LogP contribution in [0.1, 0.15) is 59.3 Å². The van der Waals surface area contributed by atoms with E-state index in [0.717, 1.165) is 22.9 Å². The zero-order chi connectivity index (χ0) is 12.0. The van der Waals surface area contributed by atoms with Gasteiger partial charge < -0.3 is 4.74 Å². The van der Waals surface area contributed by atoms with Crippen LogP contribution in [0.15, 0.2) is 0 Å². The van der Waals surface area contributed by atoms with E-state index < -0.39 is 0 Å². The summed E-state index contributed by atoms with van der Waals surface area (Å²) in [6, 6.07) is 0. The van der Waals surface area contributed by atoms with Gasteiger partial charge in [-0.1, -0.05) is 49.8 Å². The first-order chi connectivity index (χ1) is 7.62. The maximum absolute atomic E-state index is 6.27. The molecule has 0 spiro atoms. The highest BCUT2D eigenvalue weighted by molar-refractivity contribution is 14.1. The summed E-state index contributed by atoms with van der Waals surface area (Å²) in [5.74, 6) is 1.64. The van der Waals surface area contributed by atoms with Crippen LogP contribution < -0.4 is 0 Å². The van der Waals surface area contributed by atoms with E-state index in [1.807, 2.05) is 0 Å². The fourth-order valence-corrected chi connectivity index (χ4v) is 3.48. The molecule has 0 bridgehead atoms. The van der Waals surface area contributed by atoms with Gasteiger partial charge in [-0.3, -0.25) is 0 Å². The van der Waals surface area contributed by atoms with Crippen molar-refractivity contribution in [3.05, 3.63) is 0 Å². The number of halogens is 1. The van der Waals surface area contributed by atoms with Crippen molar-refractivity contribution in [2.24, 2.45) is 11.8 Å². The third-order valence-corrected chi connectivity index (χ3v) is 5.27. The molecule has 0 aromatic rings. The molecule has 0 saturated heterocycles. The molecule has 1 nitrogen and oxygen atoms in total. The first-order valence-corrected chi connectivity index (χ1v) is 8.34. The SMILES string of the molecule is CCCC(C)COC1(CI)CCC(C)CC1. The lowest BCUT2D eigenvalue weighted by molar-refractivity contribution is -0.0700. The molecule has 0 radical (unpaired) electrons. The molecule has 1 aliphatic carbocycles. The van der Waals surface area contributed by atoms with E-state index in [9.17, 15) is 0 Å². The fourth-order valence-electron chi connectivity index (χ4n) is 2.50. The number of alkyl halides is 1. The largest absolute Gasteiger partial charge is 0.374 e. The maximum atomic E-state index is 6.27. The van der Waals surface area contributed by atoms with Gasteiger partial charge in [-0.15, -0.1) is 0 Å². The minimum absolute atomic E-state index is 0.217. The Hall–Kier alpha value is 0.690. The summed E-state index contributed by atoms with van der Waals surface area (Å²) in [5, 5.41) is 0. The highest BCUT2D eigenvalue weighted by Crippen LogP contribution is 2.36. The van der Waals surface area contributed by atoms with E-state index in [-0.39, 0.29) is 5.60 Å². The summed E-state index contributed by atoms with van der Waals surface area (Å²) in [4.78, 5) is 0. The van der Waals surface area contributed by atoms with Gasteiger partial charge in [0, 0.05) is 11.0 Å². The van der Waals surface area contributed by atoms with Crippen LogP contribution in [-0.4, -0.2) is 16.6 Å². The Balaban J connectivity index is 2.36. The second kappa shape index (κ2) is 7.20. The van der Waals surface area contributed by atoms with Crippen LogP contribution in [0.4, 0.5) is 0 Å². The maximum Gasteiger partial charge on any atom is 0.0771 e. The zero-order valence-corrected chi connectivity index (χ0v) is 13.3. The molecule has 1 saturated carbocycles. The number of hydrogen-bond acceptors (Lipinski definition) is 1. The number of hydrogen-bond donors (Lipinski definition) is 0. The Bertz CT molecular complexity index is 185. The van der Waals surface area contributed by atoms with E-state index in [4.69, 9.17) is 4.74 Å². The molecular formula is C14H27IO. The number of rotatable bonds is 6. The Morgan fingerprint density at radius 1 is 1.38 bits per heavy atom.